The maximum absolute atomic E-state index is 13.2. The third kappa shape index (κ3) is 4.53. The van der Waals surface area contributed by atoms with Crippen molar-refractivity contribution in [2.45, 2.75) is 45.1 Å². The molecule has 0 radical (unpaired) electrons. The first kappa shape index (κ1) is 21.4. The summed E-state index contributed by atoms with van der Waals surface area (Å²) in [5, 5.41) is 10.6. The smallest absolute Gasteiger partial charge is 0.229 e. The van der Waals surface area contributed by atoms with Crippen LogP contribution in [0.2, 0.25) is 0 Å². The maximum Gasteiger partial charge on any atom is 0.229 e. The highest BCUT2D eigenvalue weighted by atomic mass is 19.1. The molecule has 33 heavy (non-hydrogen) atoms. The van der Waals surface area contributed by atoms with Crippen LogP contribution in [0.15, 0.2) is 36.4 Å². The number of rotatable bonds is 5. The third-order valence-electron chi connectivity index (χ3n) is 6.43. The summed E-state index contributed by atoms with van der Waals surface area (Å²) < 4.78 is 15.0. The van der Waals surface area contributed by atoms with Crippen LogP contribution >= 0.6 is 0 Å². The number of piperidine rings is 1. The zero-order valence-electron chi connectivity index (χ0n) is 18.7. The number of fused-ring (bicyclic) bond motifs is 1. The number of hydrogen-bond acceptors (Lipinski definition) is 5. The monoisotopic (exact) mass is 450 g/mol. The molecular weight excluding hydrogens is 423 g/mol. The van der Waals surface area contributed by atoms with Gasteiger partial charge in [0.05, 0.1) is 5.69 Å². The van der Waals surface area contributed by atoms with E-state index in [2.05, 4.69) is 25.6 Å². The number of aromatic nitrogens is 3. The molecule has 1 saturated carbocycles. The van der Waals surface area contributed by atoms with E-state index in [0.29, 0.717) is 11.5 Å². The van der Waals surface area contributed by atoms with E-state index in [1.807, 2.05) is 23.6 Å². The molecule has 3 aromatic rings. The molecule has 2 atom stereocenters. The highest BCUT2D eigenvalue weighted by molar-refractivity contribution is 5.95. The summed E-state index contributed by atoms with van der Waals surface area (Å²) in [6.07, 6.45) is 2.43. The van der Waals surface area contributed by atoms with Gasteiger partial charge in [-0.05, 0) is 49.8 Å². The molecule has 2 N–H and O–H groups in total. The van der Waals surface area contributed by atoms with Crippen molar-refractivity contribution in [3.05, 3.63) is 53.5 Å². The van der Waals surface area contributed by atoms with Crippen molar-refractivity contribution in [1.82, 2.24) is 19.9 Å². The first-order valence-electron chi connectivity index (χ1n) is 11.3. The average molecular weight is 451 g/mol. The minimum Gasteiger partial charge on any atom is -0.356 e. The van der Waals surface area contributed by atoms with Crippen molar-refractivity contribution in [3.63, 3.8) is 0 Å². The van der Waals surface area contributed by atoms with E-state index in [0.717, 1.165) is 49.4 Å². The Morgan fingerprint density at radius 3 is 2.55 bits per heavy atom. The molecule has 5 rings (SSSR count). The molecule has 0 bridgehead atoms. The Kier molecular flexibility index (Phi) is 5.47. The summed E-state index contributed by atoms with van der Waals surface area (Å²) >= 11 is 0. The number of hydrogen-bond donors (Lipinski definition) is 2. The summed E-state index contributed by atoms with van der Waals surface area (Å²) in [4.78, 5) is 31.1. The number of carbonyl (C=O) groups excluding carboxylic acids is 2. The molecule has 2 fully saturated rings. The molecule has 2 unspecified atom stereocenters. The molecule has 1 aliphatic carbocycles. The predicted octanol–water partition coefficient (Wildman–Crippen LogP) is 3.02. The Morgan fingerprint density at radius 2 is 1.85 bits per heavy atom. The van der Waals surface area contributed by atoms with Crippen molar-refractivity contribution in [1.29, 1.82) is 0 Å². The molecule has 2 amide bonds. The van der Waals surface area contributed by atoms with Gasteiger partial charge in [-0.1, -0.05) is 12.1 Å². The fraction of sp³-hybridized carbons (Fsp3) is 0.417. The summed E-state index contributed by atoms with van der Waals surface area (Å²) in [5.41, 5.74) is 2.50. The molecule has 1 saturated heterocycles. The van der Waals surface area contributed by atoms with Gasteiger partial charge in [0.1, 0.15) is 17.5 Å². The molecule has 1 aliphatic heterocycles. The Morgan fingerprint density at radius 1 is 1.12 bits per heavy atom. The van der Waals surface area contributed by atoms with Gasteiger partial charge >= 0.3 is 0 Å². The second kappa shape index (κ2) is 8.46. The summed E-state index contributed by atoms with van der Waals surface area (Å²) in [6, 6.07) is 10.3. The summed E-state index contributed by atoms with van der Waals surface area (Å²) in [5.74, 6) is 0.976. The SMILES string of the molecule is CC(=O)NC1CCN(c2cc(NC(=O)C3CC3c3ccc(F)cc3)nc3cc(C)nn23)CC1. The average Bonchev–Trinajstić information content (AvgIpc) is 3.49. The zero-order chi connectivity index (χ0) is 23.1. The van der Waals surface area contributed by atoms with E-state index >= 15 is 0 Å². The molecule has 2 aliphatic rings. The fourth-order valence-electron chi connectivity index (χ4n) is 4.68. The minimum absolute atomic E-state index is 0.00790. The lowest BCUT2D eigenvalue weighted by Crippen LogP contribution is -2.44. The number of anilines is 2. The number of benzene rings is 1. The normalized spacial score (nSPS) is 20.6. The van der Waals surface area contributed by atoms with Gasteiger partial charge in [0.2, 0.25) is 11.8 Å². The fourth-order valence-corrected chi connectivity index (χ4v) is 4.68. The van der Waals surface area contributed by atoms with Gasteiger partial charge in [0, 0.05) is 44.1 Å². The number of nitrogens with one attached hydrogen (secondary N) is 2. The second-order valence-corrected chi connectivity index (χ2v) is 9.01. The van der Waals surface area contributed by atoms with Gasteiger partial charge in [-0.3, -0.25) is 9.59 Å². The Balaban J connectivity index is 1.33. The minimum atomic E-state index is -0.275. The number of nitrogens with zero attached hydrogens (tertiary/aromatic N) is 4. The third-order valence-corrected chi connectivity index (χ3v) is 6.43. The van der Waals surface area contributed by atoms with Crippen molar-refractivity contribution < 1.29 is 14.0 Å². The molecule has 8 nitrogen and oxygen atoms in total. The number of halogens is 1. The number of amides is 2. The van der Waals surface area contributed by atoms with Gasteiger partial charge in [-0.15, -0.1) is 0 Å². The standard InChI is InChI=1S/C24H27FN6O2/c1-14-11-22-27-21(28-24(33)20-12-19(20)16-3-5-17(25)6-4-16)13-23(31(22)29-14)30-9-7-18(8-10-30)26-15(2)32/h3-6,11,13,18-20H,7-10,12H2,1-2H3,(H,26,32)(H,27,28,33). The van der Waals surface area contributed by atoms with Gasteiger partial charge in [-0.2, -0.15) is 9.61 Å². The topological polar surface area (TPSA) is 91.6 Å². The first-order chi connectivity index (χ1) is 15.9. The van der Waals surface area contributed by atoms with E-state index in [1.54, 1.807) is 19.1 Å². The first-order valence-corrected chi connectivity index (χ1v) is 11.3. The summed E-state index contributed by atoms with van der Waals surface area (Å²) in [7, 11) is 0. The van der Waals surface area contributed by atoms with Crippen molar-refractivity contribution in [2.75, 3.05) is 23.3 Å². The van der Waals surface area contributed by atoms with Crippen LogP contribution in [0.1, 0.15) is 43.4 Å². The van der Waals surface area contributed by atoms with Crippen molar-refractivity contribution in [3.8, 4) is 0 Å². The molecule has 172 valence electrons. The lowest BCUT2D eigenvalue weighted by Gasteiger charge is -2.33. The second-order valence-electron chi connectivity index (χ2n) is 9.01. The lowest BCUT2D eigenvalue weighted by atomic mass is 10.1. The Hall–Kier alpha value is -3.49. The number of aryl methyl sites for hydroxylation is 1. The van der Waals surface area contributed by atoms with Crippen LogP contribution < -0.4 is 15.5 Å². The summed E-state index contributed by atoms with van der Waals surface area (Å²) in [6.45, 7) is 5.00. The molecule has 1 aromatic carbocycles. The molecule has 3 heterocycles. The number of carbonyl (C=O) groups is 2. The molecule has 0 spiro atoms. The van der Waals surface area contributed by atoms with Gasteiger partial charge in [0.15, 0.2) is 5.65 Å². The predicted molar refractivity (Wildman–Crippen MR) is 123 cm³/mol. The van der Waals surface area contributed by atoms with Crippen molar-refractivity contribution >= 4 is 29.1 Å². The molecule has 2 aromatic heterocycles. The lowest BCUT2D eigenvalue weighted by molar-refractivity contribution is -0.120. The Bertz CT molecular complexity index is 1200. The quantitative estimate of drug-likeness (QED) is 0.624. The van der Waals surface area contributed by atoms with Gasteiger partial charge in [-0.25, -0.2) is 9.37 Å². The van der Waals surface area contributed by atoms with Crippen LogP contribution in [0.4, 0.5) is 16.0 Å². The maximum atomic E-state index is 13.2. The van der Waals surface area contributed by atoms with Crippen LogP contribution in [0.5, 0.6) is 0 Å². The van der Waals surface area contributed by atoms with Crippen LogP contribution in [-0.2, 0) is 9.59 Å². The highest BCUT2D eigenvalue weighted by Crippen LogP contribution is 2.48. The van der Waals surface area contributed by atoms with E-state index in [9.17, 15) is 14.0 Å². The van der Waals surface area contributed by atoms with Crippen LogP contribution in [-0.4, -0.2) is 45.5 Å². The van der Waals surface area contributed by atoms with Gasteiger partial charge < -0.3 is 15.5 Å². The van der Waals surface area contributed by atoms with Crippen LogP contribution in [0.3, 0.4) is 0 Å². The van der Waals surface area contributed by atoms with Crippen LogP contribution in [0, 0.1) is 18.7 Å². The Labute approximate surface area is 191 Å². The highest BCUT2D eigenvalue weighted by Gasteiger charge is 2.44. The largest absolute Gasteiger partial charge is 0.356 e. The van der Waals surface area contributed by atoms with Crippen LogP contribution in [0.25, 0.3) is 5.65 Å². The van der Waals surface area contributed by atoms with E-state index in [1.165, 1.54) is 12.1 Å². The molecule has 9 heteroatoms. The van der Waals surface area contributed by atoms with Gasteiger partial charge in [0.25, 0.3) is 0 Å². The van der Waals surface area contributed by atoms with E-state index in [4.69, 9.17) is 0 Å². The zero-order valence-corrected chi connectivity index (χ0v) is 18.7. The van der Waals surface area contributed by atoms with E-state index in [-0.39, 0.29) is 35.5 Å². The molecular formula is C24H27FN6O2. The van der Waals surface area contributed by atoms with E-state index < -0.39 is 0 Å². The van der Waals surface area contributed by atoms with Crippen molar-refractivity contribution in [2.24, 2.45) is 5.92 Å².